The smallest absolute Gasteiger partial charge is 0.223 e. The van der Waals surface area contributed by atoms with E-state index in [1.807, 2.05) is 34.9 Å². The Bertz CT molecular complexity index is 1270. The van der Waals surface area contributed by atoms with Crippen molar-refractivity contribution >= 4 is 23.3 Å². The van der Waals surface area contributed by atoms with Gasteiger partial charge in [-0.15, -0.1) is 0 Å². The van der Waals surface area contributed by atoms with Crippen LogP contribution in [-0.2, 0) is 11.3 Å². The molecule has 0 atom stereocenters. The molecule has 2 aliphatic rings. The first-order chi connectivity index (χ1) is 15.2. The standard InChI is InChI=1S/C23H23N7O/c31-22(16-6-7-16)25-13-14-2-1-3-17(10-14)18-12-21-24-8-9-30(21)23(26-18)27-20-11-19(28-29-20)15-4-5-15/h1-3,8-12,15-16H,4-7,13H2,(H,25,31)(H2,26,27,28,29). The SMILES string of the molecule is O=C(NCc1cccc(-c2cc3nccn3c(Nc3cc(C4CC4)[nH]n3)n2)c1)C1CC1. The zero-order valence-electron chi connectivity index (χ0n) is 17.0. The van der Waals surface area contributed by atoms with E-state index in [0.717, 1.165) is 41.1 Å². The molecule has 3 aromatic heterocycles. The molecule has 156 valence electrons. The quantitative estimate of drug-likeness (QED) is 0.428. The molecule has 1 amide bonds. The highest BCUT2D eigenvalue weighted by molar-refractivity contribution is 5.80. The average molecular weight is 413 g/mol. The van der Waals surface area contributed by atoms with Crippen molar-refractivity contribution in [3.8, 4) is 11.3 Å². The first-order valence-electron chi connectivity index (χ1n) is 10.8. The van der Waals surface area contributed by atoms with E-state index in [1.54, 1.807) is 6.20 Å². The number of anilines is 2. The molecule has 3 N–H and O–H groups in total. The van der Waals surface area contributed by atoms with Crippen LogP contribution in [0.1, 0.15) is 42.9 Å². The normalized spacial score (nSPS) is 15.9. The summed E-state index contributed by atoms with van der Waals surface area (Å²) < 4.78 is 1.91. The lowest BCUT2D eigenvalue weighted by atomic mass is 10.1. The summed E-state index contributed by atoms with van der Waals surface area (Å²) in [6.45, 7) is 0.525. The summed E-state index contributed by atoms with van der Waals surface area (Å²) in [5.74, 6) is 2.38. The van der Waals surface area contributed by atoms with Crippen LogP contribution in [0.25, 0.3) is 16.9 Å². The number of rotatable bonds is 7. The highest BCUT2D eigenvalue weighted by atomic mass is 16.2. The number of hydrogen-bond donors (Lipinski definition) is 3. The minimum absolute atomic E-state index is 0.151. The molecule has 1 aromatic carbocycles. The van der Waals surface area contributed by atoms with Gasteiger partial charge in [-0.05, 0) is 37.3 Å². The van der Waals surface area contributed by atoms with Crippen molar-refractivity contribution in [2.24, 2.45) is 5.92 Å². The minimum Gasteiger partial charge on any atom is -0.352 e. The van der Waals surface area contributed by atoms with E-state index in [1.165, 1.54) is 18.5 Å². The second-order valence-corrected chi connectivity index (χ2v) is 8.42. The molecule has 2 aliphatic carbocycles. The Morgan fingerprint density at radius 1 is 1.16 bits per heavy atom. The van der Waals surface area contributed by atoms with Crippen LogP contribution in [0.15, 0.2) is 48.8 Å². The van der Waals surface area contributed by atoms with Crippen LogP contribution >= 0.6 is 0 Å². The molecule has 8 nitrogen and oxygen atoms in total. The molecule has 0 unspecified atom stereocenters. The Morgan fingerprint density at radius 2 is 2.06 bits per heavy atom. The van der Waals surface area contributed by atoms with Crippen molar-refractivity contribution in [3.05, 3.63) is 60.0 Å². The fourth-order valence-corrected chi connectivity index (χ4v) is 3.80. The van der Waals surface area contributed by atoms with Crippen LogP contribution in [-0.4, -0.2) is 30.5 Å². The van der Waals surface area contributed by atoms with E-state index in [2.05, 4.69) is 37.9 Å². The number of imidazole rings is 1. The van der Waals surface area contributed by atoms with E-state index in [0.29, 0.717) is 18.4 Å². The second kappa shape index (κ2) is 7.23. The maximum absolute atomic E-state index is 12.0. The Hall–Kier alpha value is -3.68. The van der Waals surface area contributed by atoms with Crippen LogP contribution in [0.3, 0.4) is 0 Å². The van der Waals surface area contributed by atoms with Crippen molar-refractivity contribution in [1.29, 1.82) is 0 Å². The highest BCUT2D eigenvalue weighted by Gasteiger charge is 2.29. The number of amides is 1. The van der Waals surface area contributed by atoms with Crippen molar-refractivity contribution < 1.29 is 4.79 Å². The van der Waals surface area contributed by atoms with Crippen molar-refractivity contribution in [2.45, 2.75) is 38.1 Å². The first-order valence-corrected chi connectivity index (χ1v) is 10.8. The van der Waals surface area contributed by atoms with Crippen molar-refractivity contribution in [1.82, 2.24) is 29.9 Å². The maximum Gasteiger partial charge on any atom is 0.223 e. The molecule has 8 heteroatoms. The predicted molar refractivity (Wildman–Crippen MR) is 117 cm³/mol. The summed E-state index contributed by atoms with van der Waals surface area (Å²) in [7, 11) is 0. The molecule has 0 radical (unpaired) electrons. The number of hydrogen-bond acceptors (Lipinski definition) is 5. The van der Waals surface area contributed by atoms with E-state index >= 15 is 0 Å². The van der Waals surface area contributed by atoms with Crippen LogP contribution < -0.4 is 10.6 Å². The lowest BCUT2D eigenvalue weighted by Crippen LogP contribution is -2.24. The van der Waals surface area contributed by atoms with Gasteiger partial charge in [-0.3, -0.25) is 14.3 Å². The Kier molecular flexibility index (Phi) is 4.22. The number of nitrogens with zero attached hydrogens (tertiary/aromatic N) is 4. The molecule has 6 rings (SSSR count). The third kappa shape index (κ3) is 3.76. The van der Waals surface area contributed by atoms with Gasteiger partial charge >= 0.3 is 0 Å². The summed E-state index contributed by atoms with van der Waals surface area (Å²) in [6.07, 6.45) is 8.10. The average Bonchev–Trinajstić information content (AvgIpc) is 3.72. The zero-order chi connectivity index (χ0) is 20.8. The van der Waals surface area contributed by atoms with Crippen molar-refractivity contribution in [3.63, 3.8) is 0 Å². The number of aromatic nitrogens is 5. The minimum atomic E-state index is 0.151. The lowest BCUT2D eigenvalue weighted by Gasteiger charge is -2.10. The van der Waals surface area contributed by atoms with Crippen molar-refractivity contribution in [2.75, 3.05) is 5.32 Å². The van der Waals surface area contributed by atoms with E-state index in [9.17, 15) is 4.79 Å². The van der Waals surface area contributed by atoms with Gasteiger partial charge in [0.25, 0.3) is 0 Å². The van der Waals surface area contributed by atoms with Gasteiger partial charge in [0.2, 0.25) is 11.9 Å². The predicted octanol–water partition coefficient (Wildman–Crippen LogP) is 3.77. The third-order valence-corrected chi connectivity index (χ3v) is 5.88. The fraction of sp³-hybridized carbons (Fsp3) is 0.304. The van der Waals surface area contributed by atoms with E-state index < -0.39 is 0 Å². The van der Waals surface area contributed by atoms with Gasteiger partial charge in [0, 0.05) is 54.2 Å². The fourth-order valence-electron chi connectivity index (χ4n) is 3.80. The molecule has 3 heterocycles. The zero-order valence-corrected chi connectivity index (χ0v) is 17.0. The molecular formula is C23H23N7O. The summed E-state index contributed by atoms with van der Waals surface area (Å²) in [5, 5.41) is 13.9. The maximum atomic E-state index is 12.0. The number of aromatic amines is 1. The molecule has 31 heavy (non-hydrogen) atoms. The molecule has 2 saturated carbocycles. The Morgan fingerprint density at radius 3 is 2.90 bits per heavy atom. The topological polar surface area (TPSA) is 100 Å². The summed E-state index contributed by atoms with van der Waals surface area (Å²) >= 11 is 0. The lowest BCUT2D eigenvalue weighted by molar-refractivity contribution is -0.122. The number of carbonyl (C=O) groups is 1. The molecule has 2 fully saturated rings. The van der Waals surface area contributed by atoms with Crippen LogP contribution in [0.5, 0.6) is 0 Å². The molecule has 0 saturated heterocycles. The number of carbonyl (C=O) groups excluding carboxylic acids is 1. The van der Waals surface area contributed by atoms with Gasteiger partial charge in [0.15, 0.2) is 5.82 Å². The third-order valence-electron chi connectivity index (χ3n) is 5.88. The summed E-state index contributed by atoms with van der Waals surface area (Å²) in [6, 6.07) is 12.1. The number of nitrogens with one attached hydrogen (secondary N) is 3. The Balaban J connectivity index is 1.28. The van der Waals surface area contributed by atoms with Crippen LogP contribution in [0.2, 0.25) is 0 Å². The van der Waals surface area contributed by atoms with Gasteiger partial charge in [-0.1, -0.05) is 18.2 Å². The van der Waals surface area contributed by atoms with Gasteiger partial charge in [0.1, 0.15) is 5.65 Å². The summed E-state index contributed by atoms with van der Waals surface area (Å²) in [5.41, 5.74) is 4.81. The molecule has 0 aliphatic heterocycles. The first kappa shape index (κ1) is 18.1. The molecule has 0 bridgehead atoms. The Labute approximate surface area is 179 Å². The summed E-state index contributed by atoms with van der Waals surface area (Å²) in [4.78, 5) is 21.3. The largest absolute Gasteiger partial charge is 0.352 e. The van der Waals surface area contributed by atoms with Gasteiger partial charge in [-0.25, -0.2) is 9.97 Å². The van der Waals surface area contributed by atoms with Crippen LogP contribution in [0.4, 0.5) is 11.8 Å². The van der Waals surface area contributed by atoms with Gasteiger partial charge < -0.3 is 10.6 Å². The van der Waals surface area contributed by atoms with E-state index in [-0.39, 0.29) is 11.8 Å². The van der Waals surface area contributed by atoms with Gasteiger partial charge in [0.05, 0.1) is 5.69 Å². The monoisotopic (exact) mass is 413 g/mol. The van der Waals surface area contributed by atoms with E-state index in [4.69, 9.17) is 4.98 Å². The second-order valence-electron chi connectivity index (χ2n) is 8.42. The van der Waals surface area contributed by atoms with Crippen LogP contribution in [0, 0.1) is 5.92 Å². The highest BCUT2D eigenvalue weighted by Crippen LogP contribution is 2.39. The molecule has 0 spiro atoms. The van der Waals surface area contributed by atoms with Gasteiger partial charge in [-0.2, -0.15) is 5.10 Å². The number of benzene rings is 1. The number of fused-ring (bicyclic) bond motifs is 1. The molecule has 4 aromatic rings. The number of H-pyrrole nitrogens is 1. The molecular weight excluding hydrogens is 390 g/mol.